The highest BCUT2D eigenvalue weighted by atomic mass is 35.5. The van der Waals surface area contributed by atoms with Crippen molar-refractivity contribution in [3.63, 3.8) is 0 Å². The lowest BCUT2D eigenvalue weighted by molar-refractivity contribution is 0.0987. The van der Waals surface area contributed by atoms with Gasteiger partial charge in [0.15, 0.2) is 0 Å². The summed E-state index contributed by atoms with van der Waals surface area (Å²) in [6.07, 6.45) is 1.86. The summed E-state index contributed by atoms with van der Waals surface area (Å²) in [6.45, 7) is 0.679. The van der Waals surface area contributed by atoms with Gasteiger partial charge in [0.25, 0.3) is 11.8 Å². The van der Waals surface area contributed by atoms with Crippen LogP contribution in [0.2, 0.25) is 5.02 Å². The highest BCUT2D eigenvalue weighted by Crippen LogP contribution is 2.32. The molecule has 27 heavy (non-hydrogen) atoms. The molecule has 2 heterocycles. The first-order valence-electron chi connectivity index (χ1n) is 8.67. The van der Waals surface area contributed by atoms with Gasteiger partial charge in [0, 0.05) is 28.5 Å². The first-order chi connectivity index (χ1) is 13.1. The summed E-state index contributed by atoms with van der Waals surface area (Å²) in [7, 11) is 0. The van der Waals surface area contributed by atoms with Crippen LogP contribution in [0.5, 0.6) is 0 Å². The Bertz CT molecular complexity index is 984. The molecule has 0 spiro atoms. The lowest BCUT2D eigenvalue weighted by Gasteiger charge is -2.29. The molecule has 1 N–H and O–H groups in total. The van der Waals surface area contributed by atoms with Crippen LogP contribution in [0.15, 0.2) is 60.0 Å². The van der Waals surface area contributed by atoms with Crippen molar-refractivity contribution in [1.29, 1.82) is 0 Å². The summed E-state index contributed by atoms with van der Waals surface area (Å²) in [5, 5.41) is 5.39. The zero-order valence-corrected chi connectivity index (χ0v) is 16.0. The van der Waals surface area contributed by atoms with E-state index in [0.29, 0.717) is 22.8 Å². The first-order valence-corrected chi connectivity index (χ1v) is 9.93. The maximum atomic E-state index is 12.8. The Labute approximate surface area is 166 Å². The highest BCUT2D eigenvalue weighted by molar-refractivity contribution is 7.12. The van der Waals surface area contributed by atoms with Gasteiger partial charge in [-0.2, -0.15) is 0 Å². The predicted molar refractivity (Wildman–Crippen MR) is 110 cm³/mol. The standard InChI is InChI=1S/C21H17ClN2O2S/c22-16-8-5-15(6-9-16)20(25)23-17-10-7-14-3-1-11-24(18(14)13-17)21(26)19-4-2-12-27-19/h2,4-10,12-13H,1,3,11H2,(H,23,25). The van der Waals surface area contributed by atoms with Gasteiger partial charge in [0.05, 0.1) is 4.88 Å². The molecule has 6 heteroatoms. The number of thiophene rings is 1. The van der Waals surface area contributed by atoms with Crippen molar-refractivity contribution in [2.75, 3.05) is 16.8 Å². The fourth-order valence-corrected chi connectivity index (χ4v) is 4.00. The van der Waals surface area contributed by atoms with Gasteiger partial charge >= 0.3 is 0 Å². The Morgan fingerprint density at radius 1 is 1.07 bits per heavy atom. The summed E-state index contributed by atoms with van der Waals surface area (Å²) >= 11 is 7.32. The van der Waals surface area contributed by atoms with Crippen LogP contribution in [0.4, 0.5) is 11.4 Å². The van der Waals surface area contributed by atoms with Gasteiger partial charge in [-0.15, -0.1) is 11.3 Å². The largest absolute Gasteiger partial charge is 0.322 e. The number of hydrogen-bond donors (Lipinski definition) is 1. The van der Waals surface area contributed by atoms with Gasteiger partial charge in [0.1, 0.15) is 0 Å². The van der Waals surface area contributed by atoms with Crippen molar-refractivity contribution in [2.45, 2.75) is 12.8 Å². The molecule has 2 aromatic carbocycles. The van der Waals surface area contributed by atoms with Crippen LogP contribution in [0, 0.1) is 0 Å². The van der Waals surface area contributed by atoms with E-state index >= 15 is 0 Å². The molecule has 2 amide bonds. The monoisotopic (exact) mass is 396 g/mol. The molecule has 1 aromatic heterocycles. The quantitative estimate of drug-likeness (QED) is 0.657. The van der Waals surface area contributed by atoms with Gasteiger partial charge in [-0.25, -0.2) is 0 Å². The van der Waals surface area contributed by atoms with Gasteiger partial charge in [-0.1, -0.05) is 23.7 Å². The van der Waals surface area contributed by atoms with Crippen molar-refractivity contribution < 1.29 is 9.59 Å². The van der Waals surface area contributed by atoms with Crippen LogP contribution < -0.4 is 10.2 Å². The van der Waals surface area contributed by atoms with E-state index in [1.54, 1.807) is 24.3 Å². The van der Waals surface area contributed by atoms with Crippen molar-refractivity contribution in [3.8, 4) is 0 Å². The number of benzene rings is 2. The first kappa shape index (κ1) is 17.8. The minimum absolute atomic E-state index is 0.00660. The van der Waals surface area contributed by atoms with E-state index in [9.17, 15) is 9.59 Å². The van der Waals surface area contributed by atoms with E-state index in [-0.39, 0.29) is 11.8 Å². The second-order valence-corrected chi connectivity index (χ2v) is 7.73. The molecule has 0 saturated carbocycles. The van der Waals surface area contributed by atoms with E-state index < -0.39 is 0 Å². The smallest absolute Gasteiger partial charge is 0.268 e. The Morgan fingerprint density at radius 2 is 1.89 bits per heavy atom. The Morgan fingerprint density at radius 3 is 2.63 bits per heavy atom. The number of nitrogens with zero attached hydrogens (tertiary/aromatic N) is 1. The van der Waals surface area contributed by atoms with Crippen LogP contribution in [0.3, 0.4) is 0 Å². The summed E-state index contributed by atoms with van der Waals surface area (Å²) in [4.78, 5) is 27.8. The van der Waals surface area contributed by atoms with E-state index in [0.717, 1.165) is 29.0 Å². The third-order valence-electron chi connectivity index (χ3n) is 4.55. The zero-order valence-electron chi connectivity index (χ0n) is 14.4. The highest BCUT2D eigenvalue weighted by Gasteiger charge is 2.24. The van der Waals surface area contributed by atoms with Crippen LogP contribution in [0.25, 0.3) is 0 Å². The van der Waals surface area contributed by atoms with Crippen molar-refractivity contribution in [2.24, 2.45) is 0 Å². The molecule has 136 valence electrons. The molecule has 0 radical (unpaired) electrons. The number of hydrogen-bond acceptors (Lipinski definition) is 3. The maximum Gasteiger partial charge on any atom is 0.268 e. The second kappa shape index (κ2) is 7.55. The third-order valence-corrected chi connectivity index (χ3v) is 5.66. The molecule has 1 aliphatic heterocycles. The number of nitrogens with one attached hydrogen (secondary N) is 1. The topological polar surface area (TPSA) is 49.4 Å². The summed E-state index contributed by atoms with van der Waals surface area (Å²) in [6, 6.07) is 16.2. The number of anilines is 2. The average molecular weight is 397 g/mol. The molecule has 0 fully saturated rings. The van der Waals surface area contributed by atoms with Crippen molar-refractivity contribution in [3.05, 3.63) is 81.0 Å². The minimum Gasteiger partial charge on any atom is -0.322 e. The van der Waals surface area contributed by atoms with Crippen LogP contribution >= 0.6 is 22.9 Å². The van der Waals surface area contributed by atoms with E-state index in [1.165, 1.54) is 11.3 Å². The number of halogens is 1. The Balaban J connectivity index is 1.60. The zero-order chi connectivity index (χ0) is 18.8. The Hall–Kier alpha value is -2.63. The van der Waals surface area contributed by atoms with Crippen LogP contribution in [-0.4, -0.2) is 18.4 Å². The van der Waals surface area contributed by atoms with Crippen LogP contribution in [-0.2, 0) is 6.42 Å². The molecular formula is C21H17ClN2O2S. The average Bonchev–Trinajstić information content (AvgIpc) is 3.22. The maximum absolute atomic E-state index is 12.8. The molecule has 0 bridgehead atoms. The van der Waals surface area contributed by atoms with E-state index in [2.05, 4.69) is 5.32 Å². The number of carbonyl (C=O) groups is 2. The van der Waals surface area contributed by atoms with Gasteiger partial charge in [-0.05, 0) is 66.2 Å². The second-order valence-electron chi connectivity index (χ2n) is 6.34. The van der Waals surface area contributed by atoms with Gasteiger partial charge in [-0.3, -0.25) is 9.59 Å². The number of fused-ring (bicyclic) bond motifs is 1. The van der Waals surface area contributed by atoms with Crippen molar-refractivity contribution >= 4 is 46.1 Å². The normalized spacial score (nSPS) is 13.1. The SMILES string of the molecule is O=C(Nc1ccc2c(c1)N(C(=O)c1cccs1)CCC2)c1ccc(Cl)cc1. The molecule has 4 nitrogen and oxygen atoms in total. The molecule has 1 aliphatic rings. The van der Waals surface area contributed by atoms with E-state index in [4.69, 9.17) is 11.6 Å². The summed E-state index contributed by atoms with van der Waals surface area (Å²) in [5.74, 6) is -0.203. The predicted octanol–water partition coefficient (Wildman–Crippen LogP) is 5.25. The van der Waals surface area contributed by atoms with Crippen molar-refractivity contribution in [1.82, 2.24) is 0 Å². The molecule has 0 aliphatic carbocycles. The molecule has 0 atom stereocenters. The fraction of sp³-hybridized carbons (Fsp3) is 0.143. The Kier molecular flexibility index (Phi) is 4.97. The molecule has 0 saturated heterocycles. The van der Waals surface area contributed by atoms with Crippen LogP contribution in [0.1, 0.15) is 32.0 Å². The minimum atomic E-state index is -0.210. The fourth-order valence-electron chi connectivity index (χ4n) is 3.20. The summed E-state index contributed by atoms with van der Waals surface area (Å²) in [5.41, 5.74) is 3.19. The number of amides is 2. The molecule has 3 aromatic rings. The molecular weight excluding hydrogens is 380 g/mol. The van der Waals surface area contributed by atoms with Gasteiger partial charge in [0.2, 0.25) is 0 Å². The summed E-state index contributed by atoms with van der Waals surface area (Å²) < 4.78 is 0. The molecule has 4 rings (SSSR count). The number of aryl methyl sites for hydroxylation is 1. The molecule has 0 unspecified atom stereocenters. The number of carbonyl (C=O) groups excluding carboxylic acids is 2. The number of rotatable bonds is 3. The van der Waals surface area contributed by atoms with E-state index in [1.807, 2.05) is 40.6 Å². The third kappa shape index (κ3) is 3.75. The van der Waals surface area contributed by atoms with Gasteiger partial charge < -0.3 is 10.2 Å². The lowest BCUT2D eigenvalue weighted by atomic mass is 10.0. The lowest BCUT2D eigenvalue weighted by Crippen LogP contribution is -2.35.